The zero-order valence-electron chi connectivity index (χ0n) is 7.69. The summed E-state index contributed by atoms with van der Waals surface area (Å²) >= 11 is 4.50. The number of carbonyl (C=O) groups excluding carboxylic acids is 1. The summed E-state index contributed by atoms with van der Waals surface area (Å²) in [6, 6.07) is 1.70. The normalized spacial score (nSPS) is 10.5. The van der Waals surface area contributed by atoms with Crippen LogP contribution >= 0.6 is 27.3 Å². The average Bonchev–Trinajstić information content (AvgIpc) is 2.60. The number of carbonyl (C=O) groups is 1. The molecule has 0 amide bonds. The molecule has 0 aliphatic heterocycles. The van der Waals surface area contributed by atoms with Gasteiger partial charge in [0.15, 0.2) is 12.4 Å². The molecule has 0 spiro atoms. The first-order chi connectivity index (χ1) is 7.11. The molecule has 2 heterocycles. The van der Waals surface area contributed by atoms with Crippen LogP contribution in [0.1, 0.15) is 9.67 Å². The Balaban J connectivity index is 2.65. The van der Waals surface area contributed by atoms with Crippen molar-refractivity contribution in [1.29, 1.82) is 0 Å². The van der Waals surface area contributed by atoms with Gasteiger partial charge in [-0.3, -0.25) is 0 Å². The van der Waals surface area contributed by atoms with Gasteiger partial charge in [0.2, 0.25) is 0 Å². The minimum atomic E-state index is -0.388. The van der Waals surface area contributed by atoms with Crippen molar-refractivity contribution in [2.24, 2.45) is 0 Å². The summed E-state index contributed by atoms with van der Waals surface area (Å²) in [5.74, 6) is -0.388. The molecule has 0 saturated carbocycles. The van der Waals surface area contributed by atoms with Crippen molar-refractivity contribution in [1.82, 2.24) is 0 Å². The average molecular weight is 288 g/mol. The van der Waals surface area contributed by atoms with E-state index in [1.165, 1.54) is 30.8 Å². The second-order valence-electron chi connectivity index (χ2n) is 2.85. The number of esters is 1. The number of methoxy groups -OCH3 is 1. The van der Waals surface area contributed by atoms with Gasteiger partial charge in [0.1, 0.15) is 9.58 Å². The third kappa shape index (κ3) is 1.82. The number of hydrogen-bond acceptors (Lipinski definition) is 4. The fourth-order valence-corrected chi connectivity index (χ4v) is 2.90. The third-order valence-electron chi connectivity index (χ3n) is 1.89. The van der Waals surface area contributed by atoms with Crippen LogP contribution in [0.3, 0.4) is 0 Å². The predicted octanol–water partition coefficient (Wildman–Crippen LogP) is 2.08. The molecule has 0 aliphatic carbocycles. The van der Waals surface area contributed by atoms with E-state index in [1.54, 1.807) is 6.07 Å². The van der Waals surface area contributed by atoms with Crippen LogP contribution in [-0.2, 0) is 4.74 Å². The van der Waals surface area contributed by atoms with E-state index in [0.717, 1.165) is 10.1 Å². The first-order valence-electron chi connectivity index (χ1n) is 4.02. The molecular formula is C9H6BrNO3S. The van der Waals surface area contributed by atoms with Crippen LogP contribution in [0, 0.1) is 5.21 Å². The highest BCUT2D eigenvalue weighted by Gasteiger charge is 2.14. The Morgan fingerprint density at radius 2 is 2.33 bits per heavy atom. The van der Waals surface area contributed by atoms with Crippen molar-refractivity contribution in [3.05, 3.63) is 33.0 Å². The summed E-state index contributed by atoms with van der Waals surface area (Å²) in [5.41, 5.74) is 0. The Morgan fingerprint density at radius 1 is 1.60 bits per heavy atom. The number of thiophene rings is 1. The number of nitrogens with zero attached hydrogens (tertiary/aromatic N) is 1. The molecular weight excluding hydrogens is 282 g/mol. The van der Waals surface area contributed by atoms with Crippen molar-refractivity contribution in [3.63, 3.8) is 0 Å². The summed E-state index contributed by atoms with van der Waals surface area (Å²) in [6.45, 7) is 0. The Labute approximate surface area is 97.8 Å². The van der Waals surface area contributed by atoms with E-state index in [1.807, 2.05) is 0 Å². The van der Waals surface area contributed by atoms with E-state index in [0.29, 0.717) is 14.1 Å². The maximum atomic E-state index is 11.3. The largest absolute Gasteiger partial charge is 0.619 e. The van der Waals surface area contributed by atoms with Gasteiger partial charge in [-0.25, -0.2) is 4.79 Å². The molecule has 0 radical (unpaired) electrons. The van der Waals surface area contributed by atoms with Crippen molar-refractivity contribution in [3.8, 4) is 0 Å². The molecule has 0 fully saturated rings. The lowest BCUT2D eigenvalue weighted by molar-refractivity contribution is -0.604. The Bertz CT molecular complexity index is 537. The smallest absolute Gasteiger partial charge is 0.348 e. The van der Waals surface area contributed by atoms with Gasteiger partial charge >= 0.3 is 5.97 Å². The second-order valence-corrected chi connectivity index (χ2v) is 4.78. The number of fused-ring (bicyclic) bond motifs is 1. The van der Waals surface area contributed by atoms with Crippen molar-refractivity contribution in [2.45, 2.75) is 0 Å². The van der Waals surface area contributed by atoms with Gasteiger partial charge in [0, 0.05) is 5.39 Å². The maximum Gasteiger partial charge on any atom is 0.348 e. The van der Waals surface area contributed by atoms with E-state index in [4.69, 9.17) is 0 Å². The number of hydrogen-bond donors (Lipinski definition) is 0. The molecule has 2 aromatic rings. The minimum absolute atomic E-state index is 0.388. The number of ether oxygens (including phenoxy) is 1. The van der Waals surface area contributed by atoms with E-state index < -0.39 is 0 Å². The van der Waals surface area contributed by atoms with Gasteiger partial charge in [0.05, 0.1) is 11.6 Å². The van der Waals surface area contributed by atoms with E-state index >= 15 is 0 Å². The number of pyridine rings is 1. The topological polar surface area (TPSA) is 53.2 Å². The molecule has 0 aromatic carbocycles. The lowest BCUT2D eigenvalue weighted by Gasteiger charge is -1.95. The monoisotopic (exact) mass is 287 g/mol. The van der Waals surface area contributed by atoms with E-state index in [2.05, 4.69) is 20.7 Å². The molecule has 2 rings (SSSR count). The molecule has 0 aliphatic rings. The van der Waals surface area contributed by atoms with E-state index in [-0.39, 0.29) is 5.97 Å². The molecule has 0 unspecified atom stereocenters. The lowest BCUT2D eigenvalue weighted by Crippen LogP contribution is -2.23. The Hall–Kier alpha value is -1.14. The van der Waals surface area contributed by atoms with Crippen molar-refractivity contribution < 1.29 is 14.3 Å². The first kappa shape index (κ1) is 10.4. The van der Waals surface area contributed by atoms with Crippen LogP contribution in [0.5, 0.6) is 0 Å². The van der Waals surface area contributed by atoms with Crippen molar-refractivity contribution in [2.75, 3.05) is 7.11 Å². The van der Waals surface area contributed by atoms with Crippen LogP contribution in [-0.4, -0.2) is 13.1 Å². The standard InChI is InChI=1S/C9H6BrNO3S/c1-14-9(12)7-2-5-6(10)3-11(13)4-8(5)15-7/h2-4H,1H3. The van der Waals surface area contributed by atoms with Crippen molar-refractivity contribution >= 4 is 43.3 Å². The summed E-state index contributed by atoms with van der Waals surface area (Å²) in [5, 5.41) is 12.0. The summed E-state index contributed by atoms with van der Waals surface area (Å²) in [4.78, 5) is 11.8. The molecule has 78 valence electrons. The molecule has 0 bridgehead atoms. The highest BCUT2D eigenvalue weighted by atomic mass is 79.9. The van der Waals surface area contributed by atoms with Gasteiger partial charge in [-0.05, 0) is 22.0 Å². The third-order valence-corrected chi connectivity index (χ3v) is 3.57. The van der Waals surface area contributed by atoms with Crippen LogP contribution in [0.25, 0.3) is 10.1 Å². The molecule has 0 atom stereocenters. The van der Waals surface area contributed by atoms with Gasteiger partial charge < -0.3 is 9.94 Å². The molecule has 4 nitrogen and oxygen atoms in total. The SMILES string of the molecule is COC(=O)c1cc2c(Br)c[n+]([O-])cc2s1. The quantitative estimate of drug-likeness (QED) is 0.458. The van der Waals surface area contributed by atoms with E-state index in [9.17, 15) is 10.0 Å². The summed E-state index contributed by atoms with van der Waals surface area (Å²) < 4.78 is 6.72. The zero-order valence-corrected chi connectivity index (χ0v) is 10.1. The number of halogens is 1. The van der Waals surface area contributed by atoms with Gasteiger partial charge in [0.25, 0.3) is 0 Å². The second kappa shape index (κ2) is 3.79. The molecule has 0 N–H and O–H groups in total. The summed E-state index contributed by atoms with van der Waals surface area (Å²) in [7, 11) is 1.33. The van der Waals surface area contributed by atoms with Crippen LogP contribution in [0.4, 0.5) is 0 Å². The minimum Gasteiger partial charge on any atom is -0.619 e. The van der Waals surface area contributed by atoms with Crippen LogP contribution < -0.4 is 4.73 Å². The number of rotatable bonds is 1. The molecule has 2 aromatic heterocycles. The lowest BCUT2D eigenvalue weighted by atomic mass is 10.3. The van der Waals surface area contributed by atoms with Crippen LogP contribution in [0.15, 0.2) is 22.9 Å². The zero-order chi connectivity index (χ0) is 11.0. The maximum absolute atomic E-state index is 11.3. The first-order valence-corrected chi connectivity index (χ1v) is 5.63. The molecule has 6 heteroatoms. The Kier molecular flexibility index (Phi) is 2.62. The highest BCUT2D eigenvalue weighted by molar-refractivity contribution is 9.10. The Morgan fingerprint density at radius 3 is 3.00 bits per heavy atom. The summed E-state index contributed by atoms with van der Waals surface area (Å²) in [6.07, 6.45) is 2.83. The highest BCUT2D eigenvalue weighted by Crippen LogP contribution is 2.30. The van der Waals surface area contributed by atoms with Crippen LogP contribution in [0.2, 0.25) is 0 Å². The number of aromatic nitrogens is 1. The fourth-order valence-electron chi connectivity index (χ4n) is 1.22. The molecule has 15 heavy (non-hydrogen) atoms. The van der Waals surface area contributed by atoms with Gasteiger partial charge in [-0.2, -0.15) is 4.73 Å². The predicted molar refractivity (Wildman–Crippen MR) is 59.8 cm³/mol. The molecule has 0 saturated heterocycles. The van der Waals surface area contributed by atoms with Gasteiger partial charge in [-0.1, -0.05) is 0 Å². The fraction of sp³-hybridized carbons (Fsp3) is 0.111. The van der Waals surface area contributed by atoms with Gasteiger partial charge in [-0.15, -0.1) is 11.3 Å².